The van der Waals surface area contributed by atoms with Gasteiger partial charge in [-0.15, -0.1) is 0 Å². The zero-order valence-electron chi connectivity index (χ0n) is 13.5. The van der Waals surface area contributed by atoms with Gasteiger partial charge in [-0.3, -0.25) is 4.79 Å². The van der Waals surface area contributed by atoms with Crippen molar-refractivity contribution in [3.05, 3.63) is 54.2 Å². The topological polar surface area (TPSA) is 45.7 Å². The molecule has 0 spiro atoms. The number of nitrogens with zero attached hydrogens (tertiary/aromatic N) is 3. The summed E-state index contributed by atoms with van der Waals surface area (Å²) in [4.78, 5) is 21.1. The summed E-state index contributed by atoms with van der Waals surface area (Å²) in [5.41, 5.74) is 0.613. The molecule has 1 amide bonds. The number of amides is 1. The van der Waals surface area contributed by atoms with Gasteiger partial charge in [0.15, 0.2) is 0 Å². The number of benzene rings is 1. The van der Waals surface area contributed by atoms with Crippen molar-refractivity contribution >= 4 is 5.91 Å². The molecule has 1 aliphatic rings. The number of ether oxygens (including phenoxy) is 1. The lowest BCUT2D eigenvalue weighted by atomic mass is 10.1. The van der Waals surface area contributed by atoms with Gasteiger partial charge < -0.3 is 14.5 Å². The highest BCUT2D eigenvalue weighted by Gasteiger charge is 2.26. The van der Waals surface area contributed by atoms with Gasteiger partial charge >= 0.3 is 0 Å². The lowest BCUT2D eigenvalue weighted by Gasteiger charge is -2.38. The largest absolute Gasteiger partial charge is 0.439 e. The molecule has 0 unspecified atom stereocenters. The van der Waals surface area contributed by atoms with Crippen LogP contribution in [0, 0.1) is 0 Å². The minimum absolute atomic E-state index is 0.0333. The first-order chi connectivity index (χ1) is 11.1. The molecule has 5 heteroatoms. The van der Waals surface area contributed by atoms with Crippen LogP contribution in [0.4, 0.5) is 0 Å². The third kappa shape index (κ3) is 3.68. The zero-order valence-corrected chi connectivity index (χ0v) is 13.5. The van der Waals surface area contributed by atoms with Gasteiger partial charge in [0.05, 0.1) is 0 Å². The Labute approximate surface area is 136 Å². The molecular formula is C18H21N3O2. The summed E-state index contributed by atoms with van der Waals surface area (Å²) in [6.07, 6.45) is 1.62. The fourth-order valence-electron chi connectivity index (χ4n) is 2.81. The lowest BCUT2D eigenvalue weighted by Crippen LogP contribution is -2.52. The summed E-state index contributed by atoms with van der Waals surface area (Å²) in [5, 5.41) is 0. The van der Waals surface area contributed by atoms with E-state index in [0.29, 0.717) is 17.2 Å². The van der Waals surface area contributed by atoms with E-state index < -0.39 is 0 Å². The van der Waals surface area contributed by atoms with Gasteiger partial charge in [0.2, 0.25) is 5.88 Å². The molecule has 0 bridgehead atoms. The van der Waals surface area contributed by atoms with Crippen molar-refractivity contribution in [2.24, 2.45) is 0 Å². The van der Waals surface area contributed by atoms with E-state index in [-0.39, 0.29) is 11.9 Å². The highest BCUT2D eigenvalue weighted by Crippen LogP contribution is 2.21. The minimum atomic E-state index is 0.0333. The molecule has 0 aliphatic carbocycles. The van der Waals surface area contributed by atoms with E-state index in [0.717, 1.165) is 19.6 Å². The summed E-state index contributed by atoms with van der Waals surface area (Å²) < 4.78 is 5.71. The molecule has 1 atom stereocenters. The molecule has 0 N–H and O–H groups in total. The molecular weight excluding hydrogens is 290 g/mol. The Morgan fingerprint density at radius 2 is 2.00 bits per heavy atom. The normalized spacial score (nSPS) is 18.7. The van der Waals surface area contributed by atoms with Crippen molar-refractivity contribution in [1.29, 1.82) is 0 Å². The summed E-state index contributed by atoms with van der Waals surface area (Å²) in [6.45, 7) is 4.61. The Balaban J connectivity index is 1.75. The maximum Gasteiger partial charge on any atom is 0.254 e. The fourth-order valence-corrected chi connectivity index (χ4v) is 2.81. The first-order valence-electron chi connectivity index (χ1n) is 7.82. The van der Waals surface area contributed by atoms with Crippen molar-refractivity contribution in [3.63, 3.8) is 0 Å². The van der Waals surface area contributed by atoms with Gasteiger partial charge in [-0.1, -0.05) is 18.2 Å². The number of para-hydroxylation sites is 1. The molecule has 2 aromatic rings. The maximum atomic E-state index is 12.7. The number of likely N-dealkylation sites (N-methyl/N-ethyl adjacent to an activating group) is 1. The molecule has 2 heterocycles. The van der Waals surface area contributed by atoms with E-state index in [1.165, 1.54) is 0 Å². The maximum absolute atomic E-state index is 12.7. The van der Waals surface area contributed by atoms with Crippen molar-refractivity contribution in [2.75, 3.05) is 26.7 Å². The second-order valence-electron chi connectivity index (χ2n) is 5.91. The summed E-state index contributed by atoms with van der Waals surface area (Å²) >= 11 is 0. The van der Waals surface area contributed by atoms with Crippen LogP contribution in [-0.4, -0.2) is 53.4 Å². The van der Waals surface area contributed by atoms with E-state index in [1.54, 1.807) is 18.3 Å². The predicted molar refractivity (Wildman–Crippen MR) is 88.7 cm³/mol. The van der Waals surface area contributed by atoms with Crippen molar-refractivity contribution in [3.8, 4) is 11.6 Å². The van der Waals surface area contributed by atoms with Crippen LogP contribution in [-0.2, 0) is 0 Å². The standard InChI is InChI=1S/C18H21N3O2/c1-14-13-20(2)10-11-21(14)18(22)15-8-9-19-17(12-15)23-16-6-4-3-5-7-16/h3-9,12,14H,10-11,13H2,1-2H3/t14-/m0/s1. The highest BCUT2D eigenvalue weighted by atomic mass is 16.5. The van der Waals surface area contributed by atoms with Gasteiger partial charge in [0.1, 0.15) is 5.75 Å². The summed E-state index contributed by atoms with van der Waals surface area (Å²) in [6, 6.07) is 13.1. The Bertz CT molecular complexity index is 675. The smallest absolute Gasteiger partial charge is 0.254 e. The van der Waals surface area contributed by atoms with Crippen LogP contribution in [0.1, 0.15) is 17.3 Å². The van der Waals surface area contributed by atoms with Crippen LogP contribution in [0.5, 0.6) is 11.6 Å². The van der Waals surface area contributed by atoms with Crippen LogP contribution in [0.2, 0.25) is 0 Å². The number of carbonyl (C=O) groups is 1. The molecule has 5 nitrogen and oxygen atoms in total. The second-order valence-corrected chi connectivity index (χ2v) is 5.91. The molecule has 23 heavy (non-hydrogen) atoms. The molecule has 1 saturated heterocycles. The number of piperazine rings is 1. The van der Waals surface area contributed by atoms with Gasteiger partial charge in [0, 0.05) is 43.5 Å². The SMILES string of the molecule is C[C@H]1CN(C)CCN1C(=O)c1ccnc(Oc2ccccc2)c1. The number of pyridine rings is 1. The van der Waals surface area contributed by atoms with E-state index in [4.69, 9.17) is 4.74 Å². The van der Waals surface area contributed by atoms with Gasteiger partial charge in [-0.2, -0.15) is 0 Å². The summed E-state index contributed by atoms with van der Waals surface area (Å²) in [5.74, 6) is 1.17. The van der Waals surface area contributed by atoms with Crippen molar-refractivity contribution in [2.45, 2.75) is 13.0 Å². The van der Waals surface area contributed by atoms with E-state index >= 15 is 0 Å². The molecule has 0 radical (unpaired) electrons. The Morgan fingerprint density at radius 1 is 1.22 bits per heavy atom. The van der Waals surface area contributed by atoms with Crippen LogP contribution < -0.4 is 4.74 Å². The van der Waals surface area contributed by atoms with Crippen molar-refractivity contribution in [1.82, 2.24) is 14.8 Å². The first kappa shape index (κ1) is 15.5. The zero-order chi connectivity index (χ0) is 16.2. The van der Waals surface area contributed by atoms with Crippen LogP contribution >= 0.6 is 0 Å². The average molecular weight is 311 g/mol. The molecule has 1 fully saturated rings. The number of hydrogen-bond donors (Lipinski definition) is 0. The fraction of sp³-hybridized carbons (Fsp3) is 0.333. The number of aromatic nitrogens is 1. The molecule has 0 saturated carbocycles. The quantitative estimate of drug-likeness (QED) is 0.874. The highest BCUT2D eigenvalue weighted by molar-refractivity contribution is 5.94. The Morgan fingerprint density at radius 3 is 2.74 bits per heavy atom. The van der Waals surface area contributed by atoms with Crippen molar-refractivity contribution < 1.29 is 9.53 Å². The van der Waals surface area contributed by atoms with Crippen LogP contribution in [0.15, 0.2) is 48.7 Å². The van der Waals surface area contributed by atoms with Gasteiger partial charge in [-0.05, 0) is 32.2 Å². The van der Waals surface area contributed by atoms with Crippen LogP contribution in [0.3, 0.4) is 0 Å². The molecule has 1 aromatic carbocycles. The molecule has 120 valence electrons. The van der Waals surface area contributed by atoms with Gasteiger partial charge in [0.25, 0.3) is 5.91 Å². The summed E-state index contributed by atoms with van der Waals surface area (Å²) in [7, 11) is 2.08. The third-order valence-corrected chi connectivity index (χ3v) is 4.04. The average Bonchev–Trinajstić information content (AvgIpc) is 2.55. The lowest BCUT2D eigenvalue weighted by molar-refractivity contribution is 0.0533. The molecule has 1 aliphatic heterocycles. The Hall–Kier alpha value is -2.40. The number of carbonyl (C=O) groups excluding carboxylic acids is 1. The third-order valence-electron chi connectivity index (χ3n) is 4.04. The first-order valence-corrected chi connectivity index (χ1v) is 7.82. The van der Waals surface area contributed by atoms with E-state index in [1.807, 2.05) is 35.2 Å². The van der Waals surface area contributed by atoms with E-state index in [2.05, 4.69) is 23.9 Å². The number of rotatable bonds is 3. The number of hydrogen-bond acceptors (Lipinski definition) is 4. The minimum Gasteiger partial charge on any atom is -0.439 e. The van der Waals surface area contributed by atoms with Crippen LogP contribution in [0.25, 0.3) is 0 Å². The van der Waals surface area contributed by atoms with Gasteiger partial charge in [-0.25, -0.2) is 4.98 Å². The molecule has 3 rings (SSSR count). The van der Waals surface area contributed by atoms with E-state index in [9.17, 15) is 4.79 Å². The monoisotopic (exact) mass is 311 g/mol. The molecule has 1 aromatic heterocycles. The Kier molecular flexibility index (Phi) is 4.57. The predicted octanol–water partition coefficient (Wildman–Crippen LogP) is 2.65. The second kappa shape index (κ2) is 6.79.